The van der Waals surface area contributed by atoms with Crippen LogP contribution in [0, 0.1) is 31.1 Å². The summed E-state index contributed by atoms with van der Waals surface area (Å²) in [6.07, 6.45) is 0. The van der Waals surface area contributed by atoms with Crippen molar-refractivity contribution in [3.05, 3.63) is 75.5 Å². The molecule has 1 N–H and O–H groups in total. The molecule has 4 rings (SSSR count). The predicted octanol–water partition coefficient (Wildman–Crippen LogP) is 4.04. The molecule has 6 nitrogen and oxygen atoms in total. The number of ether oxygens (including phenoxy) is 1. The maximum atomic E-state index is 13.4. The van der Waals surface area contributed by atoms with Crippen molar-refractivity contribution in [2.45, 2.75) is 26.7 Å². The average Bonchev–Trinajstić information content (AvgIpc) is 2.75. The van der Waals surface area contributed by atoms with Crippen LogP contribution in [-0.4, -0.2) is 50.4 Å². The number of aliphatic imine (C=N–C) groups is 1. The Balaban J connectivity index is 1.53. The summed E-state index contributed by atoms with van der Waals surface area (Å²) in [5, 5.41) is 12.5. The lowest BCUT2D eigenvalue weighted by molar-refractivity contribution is -0.0290. The molecule has 0 spiro atoms. The zero-order valence-corrected chi connectivity index (χ0v) is 19.5. The minimum atomic E-state index is 0.0506. The number of benzene rings is 2. The monoisotopic (exact) mass is 442 g/mol. The van der Waals surface area contributed by atoms with Crippen molar-refractivity contribution < 1.29 is 9.53 Å². The molecule has 0 aliphatic carbocycles. The second-order valence-electron chi connectivity index (χ2n) is 9.03. The maximum Gasteiger partial charge on any atom is 0.254 e. The highest BCUT2D eigenvalue weighted by atomic mass is 16.5. The van der Waals surface area contributed by atoms with Gasteiger partial charge in [-0.05, 0) is 62.4 Å². The zero-order chi connectivity index (χ0) is 23.5. The van der Waals surface area contributed by atoms with E-state index in [0.717, 1.165) is 53.4 Å². The second-order valence-corrected chi connectivity index (χ2v) is 9.03. The Morgan fingerprint density at radius 3 is 2.42 bits per heavy atom. The number of allylic oxidation sites excluding steroid dienone is 1. The summed E-state index contributed by atoms with van der Waals surface area (Å²) in [7, 11) is 0. The van der Waals surface area contributed by atoms with E-state index in [4.69, 9.17) is 10.00 Å². The summed E-state index contributed by atoms with van der Waals surface area (Å²) in [6, 6.07) is 13.9. The Kier molecular flexibility index (Phi) is 6.62. The number of nitriles is 1. The van der Waals surface area contributed by atoms with Crippen molar-refractivity contribution >= 4 is 18.3 Å². The Bertz CT molecular complexity index is 1130. The molecule has 0 saturated carbocycles. The number of hydrogen-bond acceptors (Lipinski definition) is 5. The summed E-state index contributed by atoms with van der Waals surface area (Å²) in [6.45, 7) is 13.4. The predicted molar refractivity (Wildman–Crippen MR) is 130 cm³/mol. The normalized spacial score (nSPS) is 16.8. The number of likely N-dealkylation sites (tertiary alicyclic amines) is 1. The number of carbonyl (C=O) groups excluding carboxylic acids is 1. The lowest BCUT2D eigenvalue weighted by atomic mass is 9.89. The molecule has 2 aromatic carbocycles. The molecule has 33 heavy (non-hydrogen) atoms. The van der Waals surface area contributed by atoms with Crippen LogP contribution in [-0.2, 0) is 4.74 Å². The molecule has 6 heteroatoms. The van der Waals surface area contributed by atoms with Crippen molar-refractivity contribution in [1.82, 2.24) is 10.2 Å². The number of nitrogens with zero attached hydrogens (tertiary/aromatic N) is 3. The van der Waals surface area contributed by atoms with E-state index in [1.807, 2.05) is 49.1 Å². The van der Waals surface area contributed by atoms with Gasteiger partial charge in [-0.3, -0.25) is 9.79 Å². The van der Waals surface area contributed by atoms with Gasteiger partial charge in [0.15, 0.2) is 0 Å². The first-order chi connectivity index (χ1) is 15.9. The molecule has 2 aliphatic rings. The molecule has 0 radical (unpaired) electrons. The molecule has 2 aromatic rings. The van der Waals surface area contributed by atoms with Crippen LogP contribution in [0.15, 0.2) is 47.1 Å². The van der Waals surface area contributed by atoms with Gasteiger partial charge in [0.25, 0.3) is 5.91 Å². The fourth-order valence-electron chi connectivity index (χ4n) is 4.35. The quantitative estimate of drug-likeness (QED) is 0.657. The minimum Gasteiger partial charge on any atom is -0.383 e. The number of hydrogen-bond donors (Lipinski definition) is 1. The molecule has 1 amide bonds. The number of carbonyl (C=O) groups is 1. The number of rotatable bonds is 7. The smallest absolute Gasteiger partial charge is 0.254 e. The highest BCUT2D eigenvalue weighted by Crippen LogP contribution is 2.31. The Morgan fingerprint density at radius 1 is 1.18 bits per heavy atom. The van der Waals surface area contributed by atoms with E-state index in [9.17, 15) is 4.79 Å². The van der Waals surface area contributed by atoms with Gasteiger partial charge in [0, 0.05) is 42.6 Å². The third-order valence-electron chi connectivity index (χ3n) is 6.62. The van der Waals surface area contributed by atoms with Gasteiger partial charge < -0.3 is 15.0 Å². The summed E-state index contributed by atoms with van der Waals surface area (Å²) in [4.78, 5) is 19.4. The molecule has 170 valence electrons. The summed E-state index contributed by atoms with van der Waals surface area (Å²) < 4.78 is 5.29. The lowest BCUT2D eigenvalue weighted by Gasteiger charge is -2.40. The van der Waals surface area contributed by atoms with Crippen LogP contribution in [0.2, 0.25) is 0 Å². The van der Waals surface area contributed by atoms with Gasteiger partial charge in [-0.15, -0.1) is 0 Å². The van der Waals surface area contributed by atoms with E-state index in [1.54, 1.807) is 0 Å². The van der Waals surface area contributed by atoms with Crippen LogP contribution in [0.4, 0.5) is 0 Å². The van der Waals surface area contributed by atoms with Crippen molar-refractivity contribution in [2.75, 3.05) is 32.8 Å². The van der Waals surface area contributed by atoms with Crippen LogP contribution in [0.5, 0.6) is 0 Å². The largest absolute Gasteiger partial charge is 0.383 e. The van der Waals surface area contributed by atoms with Crippen molar-refractivity contribution in [3.63, 3.8) is 0 Å². The third-order valence-corrected chi connectivity index (χ3v) is 6.62. The van der Waals surface area contributed by atoms with Gasteiger partial charge in [-0.1, -0.05) is 18.2 Å². The molecule has 2 saturated heterocycles. The Morgan fingerprint density at radius 2 is 1.85 bits per heavy atom. The summed E-state index contributed by atoms with van der Waals surface area (Å²) in [5.41, 5.74) is 7.32. The first-order valence-electron chi connectivity index (χ1n) is 11.3. The fourth-order valence-corrected chi connectivity index (χ4v) is 4.35. The van der Waals surface area contributed by atoms with Crippen LogP contribution in [0.25, 0.3) is 5.70 Å². The minimum absolute atomic E-state index is 0.0506. The highest BCUT2D eigenvalue weighted by molar-refractivity contribution is 5.97. The van der Waals surface area contributed by atoms with Gasteiger partial charge in [0.05, 0.1) is 36.2 Å². The third kappa shape index (κ3) is 4.69. The first kappa shape index (κ1) is 22.8. The second kappa shape index (κ2) is 9.60. The summed E-state index contributed by atoms with van der Waals surface area (Å²) >= 11 is 0. The molecule has 0 aromatic heterocycles. The molecule has 0 atom stereocenters. The fraction of sp³-hybridized carbons (Fsp3) is 0.370. The topological polar surface area (TPSA) is 77.7 Å². The van der Waals surface area contributed by atoms with Crippen LogP contribution < -0.4 is 5.32 Å². The van der Waals surface area contributed by atoms with Crippen LogP contribution in [0.1, 0.15) is 51.0 Å². The van der Waals surface area contributed by atoms with Crippen LogP contribution in [0.3, 0.4) is 0 Å². The molecular weight excluding hydrogens is 412 g/mol. The molecular formula is C27H30N4O2. The van der Waals surface area contributed by atoms with E-state index >= 15 is 0 Å². The van der Waals surface area contributed by atoms with E-state index < -0.39 is 0 Å². The van der Waals surface area contributed by atoms with Gasteiger partial charge in [-0.2, -0.15) is 5.26 Å². The lowest BCUT2D eigenvalue weighted by Crippen LogP contribution is -2.48. The van der Waals surface area contributed by atoms with Gasteiger partial charge >= 0.3 is 0 Å². The van der Waals surface area contributed by atoms with Gasteiger partial charge in [-0.25, -0.2) is 0 Å². The summed E-state index contributed by atoms with van der Waals surface area (Å²) in [5.74, 6) is 0.847. The Hall–Kier alpha value is -3.43. The number of nitrogens with one attached hydrogen (secondary N) is 1. The molecule has 2 aliphatic heterocycles. The Labute approximate surface area is 195 Å². The SMILES string of the molecule is C=N/C(C)=C(\NCC1COC1)c1cc(C(=O)N2CC(c3ccc(C#N)cc3)C2)c(C)cc1C. The average molecular weight is 443 g/mol. The van der Waals surface area contributed by atoms with E-state index in [-0.39, 0.29) is 5.91 Å². The van der Waals surface area contributed by atoms with Crippen molar-refractivity contribution in [3.8, 4) is 6.07 Å². The maximum absolute atomic E-state index is 13.4. The van der Waals surface area contributed by atoms with Gasteiger partial charge in [0.1, 0.15) is 0 Å². The molecule has 0 bridgehead atoms. The number of aryl methyl sites for hydroxylation is 2. The van der Waals surface area contributed by atoms with E-state index in [2.05, 4.69) is 36.1 Å². The first-order valence-corrected chi connectivity index (χ1v) is 11.3. The highest BCUT2D eigenvalue weighted by Gasteiger charge is 2.33. The van der Waals surface area contributed by atoms with Crippen LogP contribution >= 0.6 is 0 Å². The molecule has 0 unspecified atom stereocenters. The van der Waals surface area contributed by atoms with E-state index in [0.29, 0.717) is 30.5 Å². The zero-order valence-electron chi connectivity index (χ0n) is 19.5. The molecule has 2 heterocycles. The van der Waals surface area contributed by atoms with Crippen molar-refractivity contribution in [2.24, 2.45) is 10.9 Å². The standard InChI is InChI=1S/C27H30N4O2/c1-17-9-18(2)25(10-24(17)26(19(3)29-4)30-12-21-15-33-16-21)27(32)31-13-23(14-31)22-7-5-20(11-28)6-8-22/h5-10,21,23,30H,4,12-16H2,1-3H3/b26-19-. The van der Waals surface area contributed by atoms with Crippen molar-refractivity contribution in [1.29, 1.82) is 5.26 Å². The van der Waals surface area contributed by atoms with Gasteiger partial charge in [0.2, 0.25) is 0 Å². The number of amides is 1. The van der Waals surface area contributed by atoms with E-state index in [1.165, 1.54) is 5.56 Å². The molecule has 2 fully saturated rings.